The van der Waals surface area contributed by atoms with Crippen LogP contribution in [0.4, 0.5) is 0 Å². The molecule has 0 unspecified atom stereocenters. The first-order valence-electron chi connectivity index (χ1n) is 6.99. The first-order valence-corrected chi connectivity index (χ1v) is 6.99. The molecule has 0 atom stereocenters. The van der Waals surface area contributed by atoms with Crippen LogP contribution in [0.1, 0.15) is 36.8 Å². The van der Waals surface area contributed by atoms with Gasteiger partial charge in [-0.25, -0.2) is 0 Å². The maximum atomic E-state index is 9.64. The molecule has 18 heavy (non-hydrogen) atoms. The molecular formula is C16H25NO. The number of hydrogen-bond donors (Lipinski definition) is 1. The van der Waals surface area contributed by atoms with Gasteiger partial charge in [0, 0.05) is 25.1 Å². The molecule has 2 heteroatoms. The molecule has 0 spiro atoms. The number of aliphatic hydroxyl groups is 1. The molecule has 1 aromatic carbocycles. The van der Waals surface area contributed by atoms with E-state index in [9.17, 15) is 5.11 Å². The van der Waals surface area contributed by atoms with Crippen molar-refractivity contribution in [2.24, 2.45) is 5.41 Å². The third kappa shape index (κ3) is 3.33. The van der Waals surface area contributed by atoms with Crippen LogP contribution in [0.2, 0.25) is 0 Å². The minimum atomic E-state index is 0.166. The zero-order valence-electron chi connectivity index (χ0n) is 11.7. The minimum absolute atomic E-state index is 0.166. The second-order valence-corrected chi connectivity index (χ2v) is 6.02. The third-order valence-electron chi connectivity index (χ3n) is 4.18. The molecule has 0 radical (unpaired) electrons. The average Bonchev–Trinajstić information content (AvgIpc) is 2.81. The number of benzene rings is 1. The zero-order chi connectivity index (χ0) is 13.0. The summed E-state index contributed by atoms with van der Waals surface area (Å²) in [4.78, 5) is 2.35. The first-order chi connectivity index (χ1) is 8.63. The fourth-order valence-corrected chi connectivity index (χ4v) is 3.12. The second kappa shape index (κ2) is 5.85. The first kappa shape index (κ1) is 13.6. The molecule has 1 N–H and O–H groups in total. The van der Waals surface area contributed by atoms with Crippen molar-refractivity contribution in [1.29, 1.82) is 0 Å². The van der Waals surface area contributed by atoms with Crippen LogP contribution in [0.25, 0.3) is 0 Å². The highest BCUT2D eigenvalue weighted by Crippen LogP contribution is 2.38. The van der Waals surface area contributed by atoms with Crippen LogP contribution in [0.3, 0.4) is 0 Å². The van der Waals surface area contributed by atoms with E-state index in [-0.39, 0.29) is 5.41 Å². The summed E-state index contributed by atoms with van der Waals surface area (Å²) >= 11 is 0. The summed E-state index contributed by atoms with van der Waals surface area (Å²) in [6, 6.07) is 8.74. The maximum absolute atomic E-state index is 9.64. The van der Waals surface area contributed by atoms with E-state index in [1.54, 1.807) is 0 Å². The molecule has 2 rings (SSSR count). The van der Waals surface area contributed by atoms with Gasteiger partial charge in [0.15, 0.2) is 0 Å². The Kier molecular flexibility index (Phi) is 4.41. The molecule has 1 saturated carbocycles. The third-order valence-corrected chi connectivity index (χ3v) is 4.18. The molecule has 1 aliphatic carbocycles. The number of aryl methyl sites for hydroxylation is 1. The van der Waals surface area contributed by atoms with Crippen molar-refractivity contribution >= 4 is 0 Å². The van der Waals surface area contributed by atoms with E-state index in [0.29, 0.717) is 6.61 Å². The van der Waals surface area contributed by atoms with Crippen molar-refractivity contribution < 1.29 is 5.11 Å². The lowest BCUT2D eigenvalue weighted by Gasteiger charge is -2.31. The van der Waals surface area contributed by atoms with Gasteiger partial charge in [-0.15, -0.1) is 0 Å². The van der Waals surface area contributed by atoms with Gasteiger partial charge in [-0.05, 0) is 32.4 Å². The lowest BCUT2D eigenvalue weighted by atomic mass is 9.86. The minimum Gasteiger partial charge on any atom is -0.396 e. The molecule has 1 fully saturated rings. The monoisotopic (exact) mass is 247 g/mol. The Morgan fingerprint density at radius 2 is 1.78 bits per heavy atom. The van der Waals surface area contributed by atoms with Crippen LogP contribution in [0.15, 0.2) is 24.3 Å². The van der Waals surface area contributed by atoms with Crippen LogP contribution in [0.5, 0.6) is 0 Å². The van der Waals surface area contributed by atoms with Gasteiger partial charge in [-0.1, -0.05) is 42.7 Å². The lowest BCUT2D eigenvalue weighted by molar-refractivity contribution is 0.0864. The van der Waals surface area contributed by atoms with Gasteiger partial charge in [0.1, 0.15) is 0 Å². The lowest BCUT2D eigenvalue weighted by Crippen LogP contribution is -2.36. The molecule has 0 aliphatic heterocycles. The molecule has 0 amide bonds. The van der Waals surface area contributed by atoms with Crippen molar-refractivity contribution in [3.8, 4) is 0 Å². The van der Waals surface area contributed by atoms with Gasteiger partial charge in [-0.3, -0.25) is 0 Å². The van der Waals surface area contributed by atoms with Crippen molar-refractivity contribution in [2.45, 2.75) is 39.2 Å². The van der Waals surface area contributed by atoms with Gasteiger partial charge in [-0.2, -0.15) is 0 Å². The fourth-order valence-electron chi connectivity index (χ4n) is 3.12. The normalized spacial score (nSPS) is 18.4. The van der Waals surface area contributed by atoms with E-state index in [2.05, 4.69) is 43.1 Å². The number of rotatable bonds is 5. The zero-order valence-corrected chi connectivity index (χ0v) is 11.7. The van der Waals surface area contributed by atoms with Gasteiger partial charge in [0.2, 0.25) is 0 Å². The Hall–Kier alpha value is -0.860. The molecule has 0 heterocycles. The summed E-state index contributed by atoms with van der Waals surface area (Å²) in [6.07, 6.45) is 4.92. The van der Waals surface area contributed by atoms with Crippen LogP contribution in [-0.4, -0.2) is 30.2 Å². The molecule has 0 bridgehead atoms. The quantitative estimate of drug-likeness (QED) is 0.864. The molecular weight excluding hydrogens is 222 g/mol. The highest BCUT2D eigenvalue weighted by atomic mass is 16.3. The summed E-state index contributed by atoms with van der Waals surface area (Å²) in [6.45, 7) is 4.44. The smallest absolute Gasteiger partial charge is 0.0499 e. The summed E-state index contributed by atoms with van der Waals surface area (Å²) in [5, 5.41) is 9.64. The molecule has 0 aromatic heterocycles. The summed E-state index contributed by atoms with van der Waals surface area (Å²) in [5.41, 5.74) is 2.83. The second-order valence-electron chi connectivity index (χ2n) is 6.02. The summed E-state index contributed by atoms with van der Waals surface area (Å²) in [7, 11) is 2.16. The average molecular weight is 247 g/mol. The van der Waals surface area contributed by atoms with Gasteiger partial charge < -0.3 is 10.0 Å². The highest BCUT2D eigenvalue weighted by Gasteiger charge is 2.34. The molecule has 2 nitrogen and oxygen atoms in total. The number of hydrogen-bond acceptors (Lipinski definition) is 2. The van der Waals surface area contributed by atoms with Crippen LogP contribution < -0.4 is 0 Å². The van der Waals surface area contributed by atoms with Crippen molar-refractivity contribution in [3.05, 3.63) is 35.4 Å². The summed E-state index contributed by atoms with van der Waals surface area (Å²) in [5.74, 6) is 0. The Bertz CT molecular complexity index is 365. The van der Waals surface area contributed by atoms with E-state index in [1.807, 2.05) is 0 Å². The van der Waals surface area contributed by atoms with E-state index < -0.39 is 0 Å². The van der Waals surface area contributed by atoms with Crippen LogP contribution in [-0.2, 0) is 6.54 Å². The topological polar surface area (TPSA) is 23.5 Å². The molecule has 1 aliphatic rings. The number of nitrogens with zero attached hydrogens (tertiary/aromatic N) is 1. The Morgan fingerprint density at radius 3 is 2.33 bits per heavy atom. The molecule has 100 valence electrons. The Morgan fingerprint density at radius 1 is 1.17 bits per heavy atom. The standard InChI is InChI=1S/C16H25NO/c1-14-5-7-15(8-6-14)11-17(2)12-16(13-18)9-3-4-10-16/h5-8,18H,3-4,9-13H2,1-2H3. The SMILES string of the molecule is Cc1ccc(CN(C)CC2(CO)CCCC2)cc1. The van der Waals surface area contributed by atoms with E-state index in [4.69, 9.17) is 0 Å². The predicted molar refractivity (Wildman–Crippen MR) is 75.5 cm³/mol. The highest BCUT2D eigenvalue weighted by molar-refractivity contribution is 5.21. The van der Waals surface area contributed by atoms with Crippen LogP contribution >= 0.6 is 0 Å². The van der Waals surface area contributed by atoms with Gasteiger partial charge in [0.25, 0.3) is 0 Å². The molecule has 1 aromatic rings. The largest absolute Gasteiger partial charge is 0.396 e. The van der Waals surface area contributed by atoms with Crippen molar-refractivity contribution in [2.75, 3.05) is 20.2 Å². The van der Waals surface area contributed by atoms with Crippen molar-refractivity contribution in [3.63, 3.8) is 0 Å². The fraction of sp³-hybridized carbons (Fsp3) is 0.625. The van der Waals surface area contributed by atoms with Gasteiger partial charge >= 0.3 is 0 Å². The molecule has 0 saturated heterocycles. The predicted octanol–water partition coefficient (Wildman–Crippen LogP) is 2.98. The Labute approximate surface area is 111 Å². The van der Waals surface area contributed by atoms with E-state index >= 15 is 0 Å². The van der Waals surface area contributed by atoms with Gasteiger partial charge in [0.05, 0.1) is 0 Å². The van der Waals surface area contributed by atoms with Crippen molar-refractivity contribution in [1.82, 2.24) is 4.90 Å². The maximum Gasteiger partial charge on any atom is 0.0499 e. The van der Waals surface area contributed by atoms with Crippen LogP contribution in [0, 0.1) is 12.3 Å². The Balaban J connectivity index is 1.91. The van der Waals surface area contributed by atoms with E-state index in [1.165, 1.54) is 36.8 Å². The summed E-state index contributed by atoms with van der Waals surface area (Å²) < 4.78 is 0. The van der Waals surface area contributed by atoms with E-state index in [0.717, 1.165) is 13.1 Å². The number of aliphatic hydroxyl groups excluding tert-OH is 1.